The summed E-state index contributed by atoms with van der Waals surface area (Å²) in [6, 6.07) is 5.90. The van der Waals surface area contributed by atoms with Gasteiger partial charge < -0.3 is 10.5 Å². The first-order valence-electron chi connectivity index (χ1n) is 7.70. The minimum Gasteiger partial charge on any atom is -0.368 e. The molecular weight excluding hydrogens is 387 g/mol. The molecule has 2 aromatic rings. The predicted molar refractivity (Wildman–Crippen MR) is 89.9 cm³/mol. The number of benzene rings is 1. The third kappa shape index (κ3) is 3.24. The van der Waals surface area contributed by atoms with Gasteiger partial charge in [0.05, 0.1) is 10.6 Å². The largest absolute Gasteiger partial charge is 0.368 e. The number of fused-ring (bicyclic) bond motifs is 1. The van der Waals surface area contributed by atoms with E-state index in [1.54, 1.807) is 0 Å². The normalized spacial score (nSPS) is 18.9. The van der Waals surface area contributed by atoms with Gasteiger partial charge in [0, 0.05) is 6.20 Å². The molecule has 142 valence electrons. The average Bonchev–Trinajstić information content (AvgIpc) is 2.84. The average molecular weight is 400 g/mol. The highest BCUT2D eigenvalue weighted by atomic mass is 35.5. The number of hydrogen-bond donors (Lipinski definition) is 1. The van der Waals surface area contributed by atoms with Gasteiger partial charge in [-0.3, -0.25) is 14.5 Å². The van der Waals surface area contributed by atoms with Crippen LogP contribution in [0, 0.1) is 5.82 Å². The van der Waals surface area contributed by atoms with Gasteiger partial charge in [0.25, 0.3) is 12.3 Å². The lowest BCUT2D eigenvalue weighted by Crippen LogP contribution is -2.46. The van der Waals surface area contributed by atoms with Crippen molar-refractivity contribution in [1.29, 1.82) is 0 Å². The number of amides is 2. The molecule has 0 saturated heterocycles. The number of rotatable bonds is 6. The van der Waals surface area contributed by atoms with Crippen molar-refractivity contribution in [3.05, 3.63) is 58.5 Å². The molecule has 2 amide bonds. The number of ether oxygens (including phenoxy) is 1. The number of hydrogen-bond acceptors (Lipinski definition) is 4. The van der Waals surface area contributed by atoms with Crippen molar-refractivity contribution in [2.45, 2.75) is 12.0 Å². The van der Waals surface area contributed by atoms with Gasteiger partial charge in [-0.1, -0.05) is 23.7 Å². The van der Waals surface area contributed by atoms with Gasteiger partial charge >= 0.3 is 0 Å². The minimum atomic E-state index is -2.89. The summed E-state index contributed by atoms with van der Waals surface area (Å²) in [7, 11) is 0. The van der Waals surface area contributed by atoms with Crippen LogP contribution in [0.25, 0.3) is 0 Å². The van der Waals surface area contributed by atoms with Crippen molar-refractivity contribution in [3.8, 4) is 0 Å². The van der Waals surface area contributed by atoms with E-state index in [0.717, 1.165) is 17.0 Å². The van der Waals surface area contributed by atoms with Crippen molar-refractivity contribution in [2.24, 2.45) is 5.73 Å². The Hall–Kier alpha value is -2.65. The molecule has 2 N–H and O–H groups in total. The Balaban J connectivity index is 2.27. The fraction of sp³-hybridized carbons (Fsp3) is 0.235. The van der Waals surface area contributed by atoms with Crippen LogP contribution in [-0.4, -0.2) is 36.4 Å². The first-order chi connectivity index (χ1) is 12.8. The fourth-order valence-corrected chi connectivity index (χ4v) is 3.29. The standard InChI is InChI=1S/C17H13ClF3N3O3/c18-11-5-6-23-15-14(11)17(27-8-12(20)21,9-1-3-10(19)4-2-9)16(26)24(15)7-13(22)25/h1-6,12H,7-8H2,(H2,22,25)/t17-/m0/s1. The number of anilines is 1. The van der Waals surface area contributed by atoms with Gasteiger partial charge in [0.15, 0.2) is 0 Å². The molecule has 0 fully saturated rings. The Bertz CT molecular complexity index is 895. The van der Waals surface area contributed by atoms with Crippen molar-refractivity contribution in [3.63, 3.8) is 0 Å². The summed E-state index contributed by atoms with van der Waals surface area (Å²) in [6.07, 6.45) is -1.60. The Kier molecular flexibility index (Phi) is 5.07. The van der Waals surface area contributed by atoms with Crippen LogP contribution in [-0.2, 0) is 19.9 Å². The second-order valence-electron chi connectivity index (χ2n) is 5.74. The molecule has 2 heterocycles. The maximum atomic E-state index is 13.4. The van der Waals surface area contributed by atoms with E-state index in [1.807, 2.05) is 0 Å². The molecule has 0 unspecified atom stereocenters. The van der Waals surface area contributed by atoms with Crippen LogP contribution in [0.1, 0.15) is 11.1 Å². The van der Waals surface area contributed by atoms with E-state index >= 15 is 0 Å². The summed E-state index contributed by atoms with van der Waals surface area (Å²) in [5.41, 5.74) is 3.14. The molecule has 0 radical (unpaired) electrons. The highest BCUT2D eigenvalue weighted by Gasteiger charge is 2.56. The van der Waals surface area contributed by atoms with Gasteiger partial charge in [-0.2, -0.15) is 0 Å². The Labute approximate surface area is 156 Å². The summed E-state index contributed by atoms with van der Waals surface area (Å²) < 4.78 is 44.6. The van der Waals surface area contributed by atoms with E-state index in [1.165, 1.54) is 24.4 Å². The van der Waals surface area contributed by atoms with E-state index in [2.05, 4.69) is 4.98 Å². The van der Waals surface area contributed by atoms with Crippen LogP contribution in [0.15, 0.2) is 36.5 Å². The lowest BCUT2D eigenvalue weighted by molar-refractivity contribution is -0.143. The molecule has 1 aromatic carbocycles. The number of carbonyl (C=O) groups excluding carboxylic acids is 2. The highest BCUT2D eigenvalue weighted by molar-refractivity contribution is 6.33. The van der Waals surface area contributed by atoms with Crippen LogP contribution in [0.5, 0.6) is 0 Å². The second kappa shape index (κ2) is 7.16. The van der Waals surface area contributed by atoms with Crippen LogP contribution >= 0.6 is 11.6 Å². The zero-order valence-corrected chi connectivity index (χ0v) is 14.4. The molecule has 3 rings (SSSR count). The molecule has 1 atom stereocenters. The number of nitrogens with two attached hydrogens (primary N) is 1. The van der Waals surface area contributed by atoms with Crippen LogP contribution in [0.3, 0.4) is 0 Å². The first kappa shape index (κ1) is 19.1. The summed E-state index contributed by atoms with van der Waals surface area (Å²) in [4.78, 5) is 29.6. The highest BCUT2D eigenvalue weighted by Crippen LogP contribution is 2.49. The quantitative estimate of drug-likeness (QED) is 0.807. The third-order valence-electron chi connectivity index (χ3n) is 4.02. The van der Waals surface area contributed by atoms with Crippen LogP contribution < -0.4 is 10.6 Å². The van der Waals surface area contributed by atoms with Crippen LogP contribution in [0.2, 0.25) is 5.02 Å². The summed E-state index contributed by atoms with van der Waals surface area (Å²) in [5.74, 6) is -2.35. The second-order valence-corrected chi connectivity index (χ2v) is 6.15. The molecule has 0 saturated carbocycles. The molecule has 1 aromatic heterocycles. The molecule has 6 nitrogen and oxygen atoms in total. The number of primary amides is 1. The van der Waals surface area contributed by atoms with E-state index in [4.69, 9.17) is 22.1 Å². The Morgan fingerprint density at radius 1 is 1.30 bits per heavy atom. The van der Waals surface area contributed by atoms with Crippen molar-refractivity contribution in [1.82, 2.24) is 4.98 Å². The van der Waals surface area contributed by atoms with Gasteiger partial charge in [0.2, 0.25) is 11.5 Å². The van der Waals surface area contributed by atoms with Crippen molar-refractivity contribution < 1.29 is 27.5 Å². The fourth-order valence-electron chi connectivity index (χ4n) is 3.01. The van der Waals surface area contributed by atoms with Gasteiger partial charge in [-0.25, -0.2) is 18.2 Å². The van der Waals surface area contributed by atoms with E-state index in [-0.39, 0.29) is 22.0 Å². The smallest absolute Gasteiger partial charge is 0.270 e. The molecule has 1 aliphatic heterocycles. The van der Waals surface area contributed by atoms with Crippen LogP contribution in [0.4, 0.5) is 19.0 Å². The van der Waals surface area contributed by atoms with Gasteiger partial charge in [0.1, 0.15) is 24.8 Å². The maximum Gasteiger partial charge on any atom is 0.270 e. The third-order valence-corrected chi connectivity index (χ3v) is 4.34. The maximum absolute atomic E-state index is 13.4. The SMILES string of the molecule is NC(=O)CN1C(=O)[C@](OCC(F)F)(c2ccc(F)cc2)c2c(Cl)ccnc21. The number of aromatic nitrogens is 1. The molecule has 0 aliphatic carbocycles. The Morgan fingerprint density at radius 3 is 2.56 bits per heavy atom. The number of pyridine rings is 1. The zero-order chi connectivity index (χ0) is 19.8. The van der Waals surface area contributed by atoms with Crippen molar-refractivity contribution in [2.75, 3.05) is 18.1 Å². The molecule has 27 heavy (non-hydrogen) atoms. The molecule has 10 heteroatoms. The molecule has 0 spiro atoms. The minimum absolute atomic E-state index is 0.00910. The molecular formula is C17H13ClF3N3O3. The number of halogens is 4. The van der Waals surface area contributed by atoms with E-state index < -0.39 is 42.8 Å². The van der Waals surface area contributed by atoms with Gasteiger partial charge in [-0.15, -0.1) is 0 Å². The lowest BCUT2D eigenvalue weighted by Gasteiger charge is -2.29. The molecule has 0 bridgehead atoms. The van der Waals surface area contributed by atoms with E-state index in [9.17, 15) is 22.8 Å². The first-order valence-corrected chi connectivity index (χ1v) is 8.08. The number of carbonyl (C=O) groups is 2. The molecule has 1 aliphatic rings. The van der Waals surface area contributed by atoms with Crippen molar-refractivity contribution >= 4 is 29.2 Å². The topological polar surface area (TPSA) is 85.5 Å². The summed E-state index contributed by atoms with van der Waals surface area (Å²) in [5, 5.41) is 0.0129. The summed E-state index contributed by atoms with van der Waals surface area (Å²) in [6.45, 7) is -1.65. The predicted octanol–water partition coefficient (Wildman–Crippen LogP) is 2.23. The number of alkyl halides is 2. The number of nitrogens with zero attached hydrogens (tertiary/aromatic N) is 2. The summed E-state index contributed by atoms with van der Waals surface area (Å²) >= 11 is 6.24. The lowest BCUT2D eigenvalue weighted by atomic mass is 9.87. The Morgan fingerprint density at radius 2 is 1.96 bits per heavy atom. The van der Waals surface area contributed by atoms with Gasteiger partial charge in [-0.05, 0) is 23.8 Å². The zero-order valence-electron chi connectivity index (χ0n) is 13.7. The van der Waals surface area contributed by atoms with E-state index in [0.29, 0.717) is 0 Å². The monoisotopic (exact) mass is 399 g/mol.